The highest BCUT2D eigenvalue weighted by Crippen LogP contribution is 2.34. The largest absolute Gasteiger partial charge is 0.486 e. The van der Waals surface area contributed by atoms with Crippen LogP contribution in [0.15, 0.2) is 30.6 Å². The molecule has 1 atom stereocenters. The summed E-state index contributed by atoms with van der Waals surface area (Å²) in [6.45, 7) is 8.56. The Hall–Kier alpha value is -2.05. The summed E-state index contributed by atoms with van der Waals surface area (Å²) in [4.78, 5) is 9.48. The van der Waals surface area contributed by atoms with Crippen molar-refractivity contribution in [2.45, 2.75) is 26.1 Å². The molecule has 1 fully saturated rings. The molecule has 2 aliphatic heterocycles. The number of benzene rings is 1. The van der Waals surface area contributed by atoms with E-state index in [1.807, 2.05) is 18.5 Å². The Morgan fingerprint density at radius 1 is 1.16 bits per heavy atom. The zero-order valence-corrected chi connectivity index (χ0v) is 15.0. The van der Waals surface area contributed by atoms with Crippen molar-refractivity contribution in [3.63, 3.8) is 0 Å². The molecule has 2 aliphatic rings. The van der Waals surface area contributed by atoms with E-state index in [0.717, 1.165) is 50.0 Å². The van der Waals surface area contributed by atoms with Crippen LogP contribution in [0.3, 0.4) is 0 Å². The van der Waals surface area contributed by atoms with Crippen LogP contribution in [0.4, 0.5) is 0 Å². The first-order valence-corrected chi connectivity index (χ1v) is 9.01. The second-order valence-electron chi connectivity index (χ2n) is 6.95. The highest BCUT2D eigenvalue weighted by Gasteiger charge is 2.26. The standard InChI is InChI=1S/C19H26N4O2/c1-15-12-22(8-9-23(15)14-18-20-6-7-21(18)2)13-16-4-3-5-17-19(16)25-11-10-24-17/h3-7,15H,8-14H2,1-2H3. The molecular weight excluding hydrogens is 316 g/mol. The smallest absolute Gasteiger partial charge is 0.165 e. The molecule has 0 spiro atoms. The molecule has 134 valence electrons. The number of hydrogen-bond donors (Lipinski definition) is 0. The van der Waals surface area contributed by atoms with Gasteiger partial charge < -0.3 is 14.0 Å². The number of imidazole rings is 1. The number of fused-ring (bicyclic) bond motifs is 1. The molecule has 4 rings (SSSR count). The van der Waals surface area contributed by atoms with Gasteiger partial charge in [-0.05, 0) is 13.0 Å². The summed E-state index contributed by atoms with van der Waals surface area (Å²) in [5.74, 6) is 2.94. The lowest BCUT2D eigenvalue weighted by molar-refractivity contribution is 0.0694. The molecular formula is C19H26N4O2. The van der Waals surface area contributed by atoms with Gasteiger partial charge in [0.05, 0.1) is 6.54 Å². The zero-order valence-electron chi connectivity index (χ0n) is 15.0. The third-order valence-corrected chi connectivity index (χ3v) is 5.16. The number of piperazine rings is 1. The number of aryl methyl sites for hydroxylation is 1. The Kier molecular flexibility index (Phi) is 4.63. The summed E-state index contributed by atoms with van der Waals surface area (Å²) in [5.41, 5.74) is 1.22. The molecule has 1 aromatic heterocycles. The van der Waals surface area contributed by atoms with E-state index in [0.29, 0.717) is 19.3 Å². The van der Waals surface area contributed by atoms with Crippen LogP contribution >= 0.6 is 0 Å². The van der Waals surface area contributed by atoms with Gasteiger partial charge in [0.2, 0.25) is 0 Å². The summed E-state index contributed by atoms with van der Waals surface area (Å²) in [6, 6.07) is 6.70. The molecule has 0 bridgehead atoms. The molecule has 0 radical (unpaired) electrons. The Morgan fingerprint density at radius 3 is 2.84 bits per heavy atom. The summed E-state index contributed by atoms with van der Waals surface area (Å²) < 4.78 is 13.7. The van der Waals surface area contributed by atoms with E-state index < -0.39 is 0 Å². The van der Waals surface area contributed by atoms with Crippen molar-refractivity contribution in [2.24, 2.45) is 7.05 Å². The minimum atomic E-state index is 0.502. The molecule has 6 heteroatoms. The normalized spacial score (nSPS) is 21.4. The lowest BCUT2D eigenvalue weighted by Crippen LogP contribution is -2.51. The van der Waals surface area contributed by atoms with Gasteiger partial charge in [-0.2, -0.15) is 0 Å². The van der Waals surface area contributed by atoms with Gasteiger partial charge in [0.25, 0.3) is 0 Å². The van der Waals surface area contributed by atoms with Gasteiger partial charge in [-0.15, -0.1) is 0 Å². The summed E-state index contributed by atoms with van der Waals surface area (Å²) >= 11 is 0. The van der Waals surface area contributed by atoms with Crippen molar-refractivity contribution < 1.29 is 9.47 Å². The van der Waals surface area contributed by atoms with E-state index in [1.54, 1.807) is 0 Å². The zero-order chi connectivity index (χ0) is 17.2. The minimum Gasteiger partial charge on any atom is -0.486 e. The first kappa shape index (κ1) is 16.4. The van der Waals surface area contributed by atoms with E-state index in [1.165, 1.54) is 5.56 Å². The third-order valence-electron chi connectivity index (χ3n) is 5.16. The highest BCUT2D eigenvalue weighted by molar-refractivity contribution is 5.47. The van der Waals surface area contributed by atoms with Crippen LogP contribution in [0.2, 0.25) is 0 Å². The third kappa shape index (κ3) is 3.50. The van der Waals surface area contributed by atoms with E-state index in [9.17, 15) is 0 Å². The maximum atomic E-state index is 5.85. The molecule has 1 unspecified atom stereocenters. The number of ether oxygens (including phenoxy) is 2. The fourth-order valence-electron chi connectivity index (χ4n) is 3.68. The Morgan fingerprint density at radius 2 is 2.04 bits per heavy atom. The highest BCUT2D eigenvalue weighted by atomic mass is 16.6. The minimum absolute atomic E-state index is 0.502. The van der Waals surface area contributed by atoms with Crippen LogP contribution in [0, 0.1) is 0 Å². The molecule has 0 saturated carbocycles. The monoisotopic (exact) mass is 342 g/mol. The van der Waals surface area contributed by atoms with Crippen LogP contribution in [0.5, 0.6) is 11.5 Å². The van der Waals surface area contributed by atoms with Crippen LogP contribution in [-0.2, 0) is 20.1 Å². The van der Waals surface area contributed by atoms with E-state index in [-0.39, 0.29) is 0 Å². The van der Waals surface area contributed by atoms with Gasteiger partial charge in [0.15, 0.2) is 11.5 Å². The molecule has 6 nitrogen and oxygen atoms in total. The van der Waals surface area contributed by atoms with Crippen molar-refractivity contribution in [3.8, 4) is 11.5 Å². The lowest BCUT2D eigenvalue weighted by Gasteiger charge is -2.40. The summed E-state index contributed by atoms with van der Waals surface area (Å²) in [5, 5.41) is 0. The van der Waals surface area contributed by atoms with E-state index in [4.69, 9.17) is 9.47 Å². The quantitative estimate of drug-likeness (QED) is 0.849. The maximum absolute atomic E-state index is 5.85. The van der Waals surface area contributed by atoms with Gasteiger partial charge in [-0.3, -0.25) is 9.80 Å². The van der Waals surface area contributed by atoms with Crippen molar-refractivity contribution in [2.75, 3.05) is 32.8 Å². The van der Waals surface area contributed by atoms with Crippen LogP contribution in [-0.4, -0.2) is 58.2 Å². The molecule has 25 heavy (non-hydrogen) atoms. The van der Waals surface area contributed by atoms with Gasteiger partial charge in [0.1, 0.15) is 19.0 Å². The average Bonchev–Trinajstić information content (AvgIpc) is 3.02. The second kappa shape index (κ2) is 7.06. The average molecular weight is 342 g/mol. The van der Waals surface area contributed by atoms with Gasteiger partial charge in [-0.25, -0.2) is 4.98 Å². The number of hydrogen-bond acceptors (Lipinski definition) is 5. The molecule has 2 aromatic rings. The van der Waals surface area contributed by atoms with Crippen molar-refractivity contribution in [1.82, 2.24) is 19.4 Å². The van der Waals surface area contributed by atoms with Crippen molar-refractivity contribution in [3.05, 3.63) is 42.0 Å². The van der Waals surface area contributed by atoms with Gasteiger partial charge in [0, 0.05) is 57.2 Å². The van der Waals surface area contributed by atoms with E-state index >= 15 is 0 Å². The summed E-state index contributed by atoms with van der Waals surface area (Å²) in [7, 11) is 2.06. The van der Waals surface area contributed by atoms with Crippen LogP contribution in [0.25, 0.3) is 0 Å². The van der Waals surface area contributed by atoms with Crippen molar-refractivity contribution in [1.29, 1.82) is 0 Å². The second-order valence-corrected chi connectivity index (χ2v) is 6.95. The molecule has 0 N–H and O–H groups in total. The fourth-order valence-corrected chi connectivity index (χ4v) is 3.68. The number of aromatic nitrogens is 2. The van der Waals surface area contributed by atoms with E-state index in [2.05, 4.69) is 45.5 Å². The Balaban J connectivity index is 1.39. The predicted octanol–water partition coefficient (Wildman–Crippen LogP) is 1.90. The molecule has 0 aliphatic carbocycles. The first-order valence-electron chi connectivity index (χ1n) is 9.01. The van der Waals surface area contributed by atoms with Crippen molar-refractivity contribution >= 4 is 0 Å². The maximum Gasteiger partial charge on any atom is 0.165 e. The molecule has 1 saturated heterocycles. The lowest BCUT2D eigenvalue weighted by atomic mass is 10.1. The van der Waals surface area contributed by atoms with Crippen LogP contribution in [0.1, 0.15) is 18.3 Å². The number of nitrogens with zero attached hydrogens (tertiary/aromatic N) is 4. The summed E-state index contributed by atoms with van der Waals surface area (Å²) in [6.07, 6.45) is 3.88. The Labute approximate surface area is 149 Å². The fraction of sp³-hybridized carbons (Fsp3) is 0.526. The molecule has 0 amide bonds. The Bertz CT molecular complexity index is 730. The number of rotatable bonds is 4. The number of para-hydroxylation sites is 1. The van der Waals surface area contributed by atoms with Crippen LogP contribution < -0.4 is 9.47 Å². The molecule has 3 heterocycles. The molecule has 1 aromatic carbocycles. The SMILES string of the molecule is CC1CN(Cc2cccc3c2OCCO3)CCN1Cc1nccn1C. The van der Waals surface area contributed by atoms with Gasteiger partial charge >= 0.3 is 0 Å². The first-order chi connectivity index (χ1) is 12.2. The predicted molar refractivity (Wildman–Crippen MR) is 95.8 cm³/mol. The topological polar surface area (TPSA) is 42.8 Å². The van der Waals surface area contributed by atoms with Gasteiger partial charge in [-0.1, -0.05) is 12.1 Å².